The molecule has 0 spiro atoms. The van der Waals surface area contributed by atoms with Crippen LogP contribution >= 0.6 is 22.9 Å². The van der Waals surface area contributed by atoms with Gasteiger partial charge in [0.05, 0.1) is 12.2 Å². The molecule has 2 aromatic rings. The molecule has 7 heteroatoms. The summed E-state index contributed by atoms with van der Waals surface area (Å²) in [7, 11) is 3.13. The highest BCUT2D eigenvalue weighted by atomic mass is 35.5. The van der Waals surface area contributed by atoms with Crippen molar-refractivity contribution in [2.75, 3.05) is 20.6 Å². The standard InChI is InChI=1S/C15H16ClN3O2S/c1-9-13(15(21)19(3)8-12(20)17-2)22-14(18-9)10-5-4-6-11(16)7-10/h4-7H,8H2,1-3H3,(H,17,20). The van der Waals surface area contributed by atoms with Crippen molar-refractivity contribution in [3.05, 3.63) is 39.9 Å². The molecule has 0 aliphatic carbocycles. The molecule has 1 aromatic carbocycles. The fourth-order valence-corrected chi connectivity index (χ4v) is 3.13. The van der Waals surface area contributed by atoms with Gasteiger partial charge in [0.25, 0.3) is 5.91 Å². The molecule has 0 bridgehead atoms. The van der Waals surface area contributed by atoms with Crippen LogP contribution in [0.4, 0.5) is 0 Å². The van der Waals surface area contributed by atoms with E-state index < -0.39 is 0 Å². The van der Waals surface area contributed by atoms with Gasteiger partial charge in [-0.1, -0.05) is 23.7 Å². The number of rotatable bonds is 4. The molecule has 116 valence electrons. The lowest BCUT2D eigenvalue weighted by atomic mass is 10.2. The van der Waals surface area contributed by atoms with Crippen molar-refractivity contribution >= 4 is 34.8 Å². The molecule has 2 amide bonds. The third kappa shape index (κ3) is 3.64. The zero-order valence-corrected chi connectivity index (χ0v) is 14.1. The van der Waals surface area contributed by atoms with E-state index in [9.17, 15) is 9.59 Å². The summed E-state index contributed by atoms with van der Waals surface area (Å²) in [6, 6.07) is 7.33. The van der Waals surface area contributed by atoms with E-state index in [2.05, 4.69) is 10.3 Å². The average molecular weight is 338 g/mol. The number of aryl methyl sites for hydroxylation is 1. The first-order valence-corrected chi connectivity index (χ1v) is 7.81. The van der Waals surface area contributed by atoms with Crippen LogP contribution in [-0.4, -0.2) is 42.3 Å². The number of amides is 2. The van der Waals surface area contributed by atoms with Gasteiger partial charge in [0.1, 0.15) is 9.88 Å². The van der Waals surface area contributed by atoms with Crippen LogP contribution in [-0.2, 0) is 4.79 Å². The van der Waals surface area contributed by atoms with E-state index in [1.54, 1.807) is 20.0 Å². The summed E-state index contributed by atoms with van der Waals surface area (Å²) in [6.07, 6.45) is 0. The maximum absolute atomic E-state index is 12.4. The van der Waals surface area contributed by atoms with Crippen LogP contribution in [0, 0.1) is 6.92 Å². The Kier molecular flexibility index (Phi) is 5.15. The van der Waals surface area contributed by atoms with E-state index in [0.29, 0.717) is 15.6 Å². The van der Waals surface area contributed by atoms with Gasteiger partial charge in [-0.15, -0.1) is 11.3 Å². The van der Waals surface area contributed by atoms with Crippen molar-refractivity contribution in [2.24, 2.45) is 0 Å². The molecule has 1 N–H and O–H groups in total. The summed E-state index contributed by atoms with van der Waals surface area (Å²) >= 11 is 7.28. The number of likely N-dealkylation sites (N-methyl/N-ethyl adjacent to an activating group) is 2. The molecule has 1 aromatic heterocycles. The summed E-state index contributed by atoms with van der Waals surface area (Å²) < 4.78 is 0. The SMILES string of the molecule is CNC(=O)CN(C)C(=O)c1sc(-c2cccc(Cl)c2)nc1C. The van der Waals surface area contributed by atoms with Crippen LogP contribution in [0.1, 0.15) is 15.4 Å². The quantitative estimate of drug-likeness (QED) is 0.932. The van der Waals surface area contributed by atoms with E-state index >= 15 is 0 Å². The minimum Gasteiger partial charge on any atom is -0.358 e. The number of hydrogen-bond donors (Lipinski definition) is 1. The predicted molar refractivity (Wildman–Crippen MR) is 88.3 cm³/mol. The second-order valence-corrected chi connectivity index (χ2v) is 6.21. The highest BCUT2D eigenvalue weighted by Gasteiger charge is 2.20. The number of carbonyl (C=O) groups excluding carboxylic acids is 2. The topological polar surface area (TPSA) is 62.3 Å². The van der Waals surface area contributed by atoms with Crippen molar-refractivity contribution < 1.29 is 9.59 Å². The van der Waals surface area contributed by atoms with E-state index in [-0.39, 0.29) is 18.4 Å². The molecule has 0 aliphatic heterocycles. The molecule has 22 heavy (non-hydrogen) atoms. The molecular formula is C15H16ClN3O2S. The van der Waals surface area contributed by atoms with E-state index in [1.807, 2.05) is 18.2 Å². The Balaban J connectivity index is 2.26. The van der Waals surface area contributed by atoms with Gasteiger partial charge in [-0.2, -0.15) is 0 Å². The highest BCUT2D eigenvalue weighted by Crippen LogP contribution is 2.30. The first-order valence-electron chi connectivity index (χ1n) is 6.61. The normalized spacial score (nSPS) is 10.4. The van der Waals surface area contributed by atoms with Crippen molar-refractivity contribution in [3.63, 3.8) is 0 Å². The zero-order chi connectivity index (χ0) is 16.3. The van der Waals surface area contributed by atoms with Crippen molar-refractivity contribution in [2.45, 2.75) is 6.92 Å². The second kappa shape index (κ2) is 6.89. The molecule has 5 nitrogen and oxygen atoms in total. The Bertz CT molecular complexity index is 715. The minimum atomic E-state index is -0.216. The Labute approximate surface area is 137 Å². The molecule has 0 fully saturated rings. The van der Waals surface area contributed by atoms with Gasteiger partial charge in [0, 0.05) is 24.7 Å². The number of thiazole rings is 1. The third-order valence-corrected chi connectivity index (χ3v) is 4.50. The summed E-state index contributed by atoms with van der Waals surface area (Å²) in [5.74, 6) is -0.431. The fourth-order valence-electron chi connectivity index (χ4n) is 1.88. The predicted octanol–water partition coefficient (Wildman–Crippen LogP) is 2.59. The van der Waals surface area contributed by atoms with Crippen LogP contribution in [0.25, 0.3) is 10.6 Å². The second-order valence-electron chi connectivity index (χ2n) is 4.78. The largest absolute Gasteiger partial charge is 0.358 e. The Morgan fingerprint density at radius 2 is 2.14 bits per heavy atom. The summed E-state index contributed by atoms with van der Waals surface area (Å²) in [5, 5.41) is 3.85. The van der Waals surface area contributed by atoms with Gasteiger partial charge in [-0.25, -0.2) is 4.98 Å². The number of carbonyl (C=O) groups is 2. The Hall–Kier alpha value is -1.92. The van der Waals surface area contributed by atoms with Crippen LogP contribution in [0.5, 0.6) is 0 Å². The molecule has 0 atom stereocenters. The minimum absolute atomic E-state index is 0.0131. The number of nitrogens with one attached hydrogen (secondary N) is 1. The van der Waals surface area contributed by atoms with E-state index in [0.717, 1.165) is 10.6 Å². The molecule has 0 aliphatic rings. The molecule has 0 saturated carbocycles. The van der Waals surface area contributed by atoms with Gasteiger partial charge in [0.2, 0.25) is 5.91 Å². The molecule has 0 radical (unpaired) electrons. The summed E-state index contributed by atoms with van der Waals surface area (Å²) in [4.78, 5) is 30.1. The average Bonchev–Trinajstić information content (AvgIpc) is 2.88. The van der Waals surface area contributed by atoms with Gasteiger partial charge in [0.15, 0.2) is 0 Å². The fraction of sp³-hybridized carbons (Fsp3) is 0.267. The van der Waals surface area contributed by atoms with Crippen molar-refractivity contribution in [1.29, 1.82) is 0 Å². The van der Waals surface area contributed by atoms with E-state index in [4.69, 9.17) is 11.6 Å². The maximum atomic E-state index is 12.4. The summed E-state index contributed by atoms with van der Waals surface area (Å²) in [5.41, 5.74) is 1.52. The lowest BCUT2D eigenvalue weighted by Crippen LogP contribution is -2.36. The van der Waals surface area contributed by atoms with Crippen LogP contribution in [0.2, 0.25) is 5.02 Å². The Morgan fingerprint density at radius 3 is 2.77 bits per heavy atom. The zero-order valence-electron chi connectivity index (χ0n) is 12.5. The van der Waals surface area contributed by atoms with Gasteiger partial charge in [-0.3, -0.25) is 9.59 Å². The van der Waals surface area contributed by atoms with Crippen LogP contribution in [0.15, 0.2) is 24.3 Å². The van der Waals surface area contributed by atoms with Crippen molar-refractivity contribution in [3.8, 4) is 10.6 Å². The number of halogens is 1. The van der Waals surface area contributed by atoms with Crippen molar-refractivity contribution in [1.82, 2.24) is 15.2 Å². The van der Waals surface area contributed by atoms with Gasteiger partial charge >= 0.3 is 0 Å². The number of hydrogen-bond acceptors (Lipinski definition) is 4. The molecular weight excluding hydrogens is 322 g/mol. The lowest BCUT2D eigenvalue weighted by molar-refractivity contribution is -0.121. The first-order chi connectivity index (χ1) is 10.4. The number of nitrogens with zero attached hydrogens (tertiary/aromatic N) is 2. The molecule has 0 unspecified atom stereocenters. The number of aromatic nitrogens is 1. The third-order valence-electron chi connectivity index (χ3n) is 3.07. The van der Waals surface area contributed by atoms with Crippen LogP contribution in [0.3, 0.4) is 0 Å². The van der Waals surface area contributed by atoms with Crippen LogP contribution < -0.4 is 5.32 Å². The van der Waals surface area contributed by atoms with Gasteiger partial charge in [-0.05, 0) is 19.1 Å². The molecule has 2 rings (SSSR count). The first kappa shape index (κ1) is 16.5. The summed E-state index contributed by atoms with van der Waals surface area (Å²) in [6.45, 7) is 1.80. The monoisotopic (exact) mass is 337 g/mol. The maximum Gasteiger partial charge on any atom is 0.266 e. The highest BCUT2D eigenvalue weighted by molar-refractivity contribution is 7.17. The Morgan fingerprint density at radius 1 is 1.41 bits per heavy atom. The molecule has 1 heterocycles. The smallest absolute Gasteiger partial charge is 0.266 e. The van der Waals surface area contributed by atoms with E-state index in [1.165, 1.54) is 23.3 Å². The molecule has 0 saturated heterocycles. The lowest BCUT2D eigenvalue weighted by Gasteiger charge is -2.15. The number of benzene rings is 1. The van der Waals surface area contributed by atoms with Gasteiger partial charge < -0.3 is 10.2 Å².